The number of pyridine rings is 1. The van der Waals surface area contributed by atoms with Crippen LogP contribution >= 0.6 is 23.8 Å². The summed E-state index contributed by atoms with van der Waals surface area (Å²) in [6.07, 6.45) is 1.79. The lowest BCUT2D eigenvalue weighted by Crippen LogP contribution is -2.29. The van der Waals surface area contributed by atoms with Crippen LogP contribution in [0.1, 0.15) is 29.3 Å². The number of hydrogen-bond acceptors (Lipinski definition) is 3. The van der Waals surface area contributed by atoms with E-state index in [9.17, 15) is 0 Å². The quantitative estimate of drug-likeness (QED) is 0.671. The standard InChI is InChI=1S/C19H16ClN3OS/c1-12-5-10-16(24-12)18-17(15-4-2-3-11-21-15)22-19(25)23(18)14-8-6-13(20)7-9-14/h2-11,17-18H,1H3,(H,22,25)/t17-,18-/m1/s1. The third kappa shape index (κ3) is 3.01. The van der Waals surface area contributed by atoms with Crippen molar-refractivity contribution >= 4 is 34.6 Å². The zero-order valence-corrected chi connectivity index (χ0v) is 15.1. The van der Waals surface area contributed by atoms with Crippen LogP contribution in [0.3, 0.4) is 0 Å². The molecule has 0 saturated carbocycles. The second kappa shape index (κ2) is 6.50. The van der Waals surface area contributed by atoms with Gasteiger partial charge in [0.15, 0.2) is 5.11 Å². The second-order valence-electron chi connectivity index (χ2n) is 5.92. The molecule has 2 aromatic heterocycles. The molecule has 3 aromatic rings. The molecule has 126 valence electrons. The lowest BCUT2D eigenvalue weighted by atomic mass is 10.0. The Morgan fingerprint density at radius 3 is 2.56 bits per heavy atom. The van der Waals surface area contributed by atoms with Gasteiger partial charge in [0.1, 0.15) is 17.6 Å². The summed E-state index contributed by atoms with van der Waals surface area (Å²) in [5.74, 6) is 1.71. The Hall–Kier alpha value is -2.37. The van der Waals surface area contributed by atoms with Crippen LogP contribution in [0.25, 0.3) is 0 Å². The molecule has 4 rings (SSSR count). The molecule has 3 heterocycles. The minimum Gasteiger partial charge on any atom is -0.464 e. The first kappa shape index (κ1) is 16.1. The number of hydrogen-bond donors (Lipinski definition) is 1. The number of nitrogens with zero attached hydrogens (tertiary/aromatic N) is 2. The van der Waals surface area contributed by atoms with Gasteiger partial charge in [-0.3, -0.25) is 4.98 Å². The average Bonchev–Trinajstić information content (AvgIpc) is 3.20. The Balaban J connectivity index is 1.81. The van der Waals surface area contributed by atoms with Crippen LogP contribution in [0.5, 0.6) is 0 Å². The van der Waals surface area contributed by atoms with E-state index in [0.717, 1.165) is 22.9 Å². The van der Waals surface area contributed by atoms with Crippen LogP contribution in [0.2, 0.25) is 5.02 Å². The van der Waals surface area contributed by atoms with Crippen molar-refractivity contribution in [1.29, 1.82) is 0 Å². The van der Waals surface area contributed by atoms with Gasteiger partial charge in [0.25, 0.3) is 0 Å². The molecular formula is C19H16ClN3OS. The number of anilines is 1. The first-order chi connectivity index (χ1) is 12.1. The summed E-state index contributed by atoms with van der Waals surface area (Å²) in [7, 11) is 0. The molecule has 0 bridgehead atoms. The molecule has 2 atom stereocenters. The van der Waals surface area contributed by atoms with Crippen molar-refractivity contribution in [3.63, 3.8) is 0 Å². The number of thiocarbonyl (C=S) groups is 1. The predicted octanol–water partition coefficient (Wildman–Crippen LogP) is 4.81. The topological polar surface area (TPSA) is 41.3 Å². The fourth-order valence-corrected chi connectivity index (χ4v) is 3.61. The van der Waals surface area contributed by atoms with E-state index in [4.69, 9.17) is 28.2 Å². The van der Waals surface area contributed by atoms with Crippen molar-refractivity contribution in [2.24, 2.45) is 0 Å². The van der Waals surface area contributed by atoms with Crippen molar-refractivity contribution in [2.45, 2.75) is 19.0 Å². The highest BCUT2D eigenvalue weighted by Gasteiger charge is 2.42. The molecule has 1 aromatic carbocycles. The van der Waals surface area contributed by atoms with Gasteiger partial charge in [0, 0.05) is 16.9 Å². The summed E-state index contributed by atoms with van der Waals surface area (Å²) in [6.45, 7) is 1.94. The van der Waals surface area contributed by atoms with Crippen molar-refractivity contribution < 1.29 is 4.42 Å². The van der Waals surface area contributed by atoms with E-state index in [-0.39, 0.29) is 12.1 Å². The number of aryl methyl sites for hydroxylation is 1. The molecule has 1 N–H and O–H groups in total. The number of benzene rings is 1. The summed E-state index contributed by atoms with van der Waals surface area (Å²) in [5.41, 5.74) is 1.87. The van der Waals surface area contributed by atoms with Crippen molar-refractivity contribution in [2.75, 3.05) is 4.90 Å². The second-order valence-corrected chi connectivity index (χ2v) is 6.74. The molecule has 1 fully saturated rings. The first-order valence-corrected chi connectivity index (χ1v) is 8.74. The molecule has 1 aliphatic heterocycles. The lowest BCUT2D eigenvalue weighted by molar-refractivity contribution is 0.418. The third-order valence-electron chi connectivity index (χ3n) is 4.26. The van der Waals surface area contributed by atoms with Crippen LogP contribution in [-0.2, 0) is 0 Å². The third-order valence-corrected chi connectivity index (χ3v) is 4.82. The van der Waals surface area contributed by atoms with Gasteiger partial charge in [-0.2, -0.15) is 0 Å². The van der Waals surface area contributed by atoms with E-state index >= 15 is 0 Å². The largest absolute Gasteiger partial charge is 0.464 e. The number of halogens is 1. The molecule has 0 aliphatic carbocycles. The normalized spacial score (nSPS) is 19.9. The maximum absolute atomic E-state index is 6.04. The fourth-order valence-electron chi connectivity index (χ4n) is 3.14. The molecule has 0 unspecified atom stereocenters. The molecule has 0 amide bonds. The summed E-state index contributed by atoms with van der Waals surface area (Å²) in [4.78, 5) is 6.57. The van der Waals surface area contributed by atoms with Gasteiger partial charge in [-0.1, -0.05) is 17.7 Å². The van der Waals surface area contributed by atoms with E-state index in [0.29, 0.717) is 10.1 Å². The summed E-state index contributed by atoms with van der Waals surface area (Å²) in [5, 5.41) is 4.72. The lowest BCUT2D eigenvalue weighted by Gasteiger charge is -2.26. The van der Waals surface area contributed by atoms with E-state index in [1.54, 1.807) is 6.20 Å². The molecular weight excluding hydrogens is 354 g/mol. The zero-order valence-electron chi connectivity index (χ0n) is 13.5. The maximum Gasteiger partial charge on any atom is 0.174 e. The number of rotatable bonds is 3. The van der Waals surface area contributed by atoms with E-state index in [1.165, 1.54) is 0 Å². The van der Waals surface area contributed by atoms with Crippen LogP contribution in [0.4, 0.5) is 5.69 Å². The van der Waals surface area contributed by atoms with E-state index in [2.05, 4.69) is 15.2 Å². The monoisotopic (exact) mass is 369 g/mol. The van der Waals surface area contributed by atoms with Gasteiger partial charge >= 0.3 is 0 Å². The van der Waals surface area contributed by atoms with Crippen LogP contribution in [-0.4, -0.2) is 10.1 Å². The Morgan fingerprint density at radius 1 is 1.12 bits per heavy atom. The van der Waals surface area contributed by atoms with Gasteiger partial charge in [-0.15, -0.1) is 0 Å². The van der Waals surface area contributed by atoms with Gasteiger partial charge in [0.2, 0.25) is 0 Å². The summed E-state index contributed by atoms with van der Waals surface area (Å²) in [6, 6.07) is 17.2. The minimum absolute atomic E-state index is 0.102. The fraction of sp³-hybridized carbons (Fsp3) is 0.158. The Labute approximate surface area is 156 Å². The van der Waals surface area contributed by atoms with Crippen LogP contribution < -0.4 is 10.2 Å². The molecule has 4 nitrogen and oxygen atoms in total. The highest BCUT2D eigenvalue weighted by molar-refractivity contribution is 7.80. The van der Waals surface area contributed by atoms with E-state index in [1.807, 2.05) is 61.5 Å². The Kier molecular flexibility index (Phi) is 4.19. The minimum atomic E-state index is -0.128. The highest BCUT2D eigenvalue weighted by Crippen LogP contribution is 2.42. The number of furan rings is 1. The van der Waals surface area contributed by atoms with Gasteiger partial charge in [0.05, 0.1) is 11.7 Å². The zero-order chi connectivity index (χ0) is 17.4. The average molecular weight is 370 g/mol. The highest BCUT2D eigenvalue weighted by atomic mass is 35.5. The summed E-state index contributed by atoms with van der Waals surface area (Å²) < 4.78 is 5.95. The predicted molar refractivity (Wildman–Crippen MR) is 103 cm³/mol. The molecule has 1 aliphatic rings. The SMILES string of the molecule is Cc1ccc([C@@H]2[C@@H](c3ccccn3)NC(=S)N2c2ccc(Cl)cc2)o1. The molecule has 6 heteroatoms. The molecule has 25 heavy (non-hydrogen) atoms. The summed E-state index contributed by atoms with van der Waals surface area (Å²) >= 11 is 11.7. The van der Waals surface area contributed by atoms with Gasteiger partial charge < -0.3 is 14.6 Å². The van der Waals surface area contributed by atoms with Crippen LogP contribution in [0.15, 0.2) is 65.2 Å². The van der Waals surface area contributed by atoms with E-state index < -0.39 is 0 Å². The maximum atomic E-state index is 6.04. The van der Waals surface area contributed by atoms with Crippen LogP contribution in [0, 0.1) is 6.92 Å². The van der Waals surface area contributed by atoms with Crippen molar-refractivity contribution in [1.82, 2.24) is 10.3 Å². The van der Waals surface area contributed by atoms with Crippen molar-refractivity contribution in [3.8, 4) is 0 Å². The number of nitrogens with one attached hydrogen (secondary N) is 1. The Bertz CT molecular complexity index is 895. The molecule has 1 saturated heterocycles. The van der Waals surface area contributed by atoms with Crippen molar-refractivity contribution in [3.05, 3.63) is 83.0 Å². The Morgan fingerprint density at radius 2 is 1.92 bits per heavy atom. The smallest absolute Gasteiger partial charge is 0.174 e. The van der Waals surface area contributed by atoms with Gasteiger partial charge in [-0.25, -0.2) is 0 Å². The van der Waals surface area contributed by atoms with Gasteiger partial charge in [-0.05, 0) is 67.7 Å². The molecule has 0 radical (unpaired) electrons. The first-order valence-electron chi connectivity index (χ1n) is 7.96. The number of aromatic nitrogens is 1. The molecule has 0 spiro atoms.